The number of thioether (sulfide) groups is 1. The average Bonchev–Trinajstić information content (AvgIpc) is 2.94. The van der Waals surface area contributed by atoms with E-state index >= 15 is 0 Å². The van der Waals surface area contributed by atoms with E-state index in [0.717, 1.165) is 16.8 Å². The van der Waals surface area contributed by atoms with Gasteiger partial charge in [-0.1, -0.05) is 24.3 Å². The molecular formula is C15H17N3O2S2. The molecule has 0 aliphatic carbocycles. The Bertz CT molecular complexity index is 653. The lowest BCUT2D eigenvalue weighted by Gasteiger charge is -2.03. The van der Waals surface area contributed by atoms with E-state index in [9.17, 15) is 9.59 Å². The van der Waals surface area contributed by atoms with Crippen molar-refractivity contribution < 1.29 is 9.59 Å². The molecule has 2 amide bonds. The van der Waals surface area contributed by atoms with Gasteiger partial charge in [0.05, 0.1) is 11.4 Å². The Morgan fingerprint density at radius 2 is 2.00 bits per heavy atom. The molecular weight excluding hydrogens is 318 g/mol. The molecule has 2 aromatic rings. The summed E-state index contributed by atoms with van der Waals surface area (Å²) in [5.74, 6) is 0.334. The van der Waals surface area contributed by atoms with E-state index < -0.39 is 0 Å². The maximum atomic E-state index is 11.5. The van der Waals surface area contributed by atoms with Crippen LogP contribution in [0, 0.1) is 0 Å². The van der Waals surface area contributed by atoms with E-state index in [1.807, 2.05) is 35.9 Å². The predicted molar refractivity (Wildman–Crippen MR) is 92.1 cm³/mol. The van der Waals surface area contributed by atoms with Crippen molar-refractivity contribution in [2.24, 2.45) is 0 Å². The Labute approximate surface area is 137 Å². The Morgan fingerprint density at radius 3 is 2.64 bits per heavy atom. The molecule has 0 aliphatic rings. The third-order valence-electron chi connectivity index (χ3n) is 2.82. The highest BCUT2D eigenvalue weighted by Gasteiger charge is 2.07. The summed E-state index contributed by atoms with van der Waals surface area (Å²) in [6, 6.07) is 7.83. The summed E-state index contributed by atoms with van der Waals surface area (Å²) in [7, 11) is 0. The number of benzene rings is 1. The zero-order chi connectivity index (χ0) is 15.9. The molecule has 0 saturated heterocycles. The third-order valence-corrected chi connectivity index (χ3v) is 4.13. The van der Waals surface area contributed by atoms with Gasteiger partial charge in [0, 0.05) is 24.4 Å². The van der Waals surface area contributed by atoms with Crippen molar-refractivity contribution in [1.29, 1.82) is 0 Å². The first-order valence-electron chi connectivity index (χ1n) is 6.66. The summed E-state index contributed by atoms with van der Waals surface area (Å²) in [4.78, 5) is 26.8. The number of amides is 2. The first-order chi connectivity index (χ1) is 10.6. The molecule has 0 atom stereocenters. The minimum absolute atomic E-state index is 0.0425. The molecule has 0 radical (unpaired) electrons. The van der Waals surface area contributed by atoms with E-state index in [-0.39, 0.29) is 11.8 Å². The molecule has 22 heavy (non-hydrogen) atoms. The van der Waals surface area contributed by atoms with Crippen molar-refractivity contribution >= 4 is 40.0 Å². The lowest BCUT2D eigenvalue weighted by molar-refractivity contribution is -0.119. The SMILES string of the molecule is CSCC(=O)Nc1nc(-c2ccc(CNC(C)=O)cc2)cs1. The Hall–Kier alpha value is -1.86. The van der Waals surface area contributed by atoms with Crippen LogP contribution in [0.5, 0.6) is 0 Å². The maximum Gasteiger partial charge on any atom is 0.236 e. The van der Waals surface area contributed by atoms with Crippen LogP contribution in [-0.4, -0.2) is 28.8 Å². The number of rotatable bonds is 6. The van der Waals surface area contributed by atoms with Gasteiger partial charge < -0.3 is 10.6 Å². The minimum Gasteiger partial charge on any atom is -0.352 e. The molecule has 1 heterocycles. The van der Waals surface area contributed by atoms with Gasteiger partial charge in [-0.25, -0.2) is 4.98 Å². The molecule has 5 nitrogen and oxygen atoms in total. The van der Waals surface area contributed by atoms with Crippen LogP contribution in [0.3, 0.4) is 0 Å². The first kappa shape index (κ1) is 16.5. The van der Waals surface area contributed by atoms with Gasteiger partial charge in [-0.3, -0.25) is 9.59 Å². The van der Waals surface area contributed by atoms with Crippen molar-refractivity contribution in [2.45, 2.75) is 13.5 Å². The van der Waals surface area contributed by atoms with E-state index in [4.69, 9.17) is 0 Å². The van der Waals surface area contributed by atoms with Gasteiger partial charge in [0.15, 0.2) is 5.13 Å². The van der Waals surface area contributed by atoms with Crippen LogP contribution in [0.2, 0.25) is 0 Å². The van der Waals surface area contributed by atoms with Gasteiger partial charge in [0.2, 0.25) is 11.8 Å². The summed E-state index contributed by atoms with van der Waals surface area (Å²) < 4.78 is 0. The van der Waals surface area contributed by atoms with Gasteiger partial charge in [-0.2, -0.15) is 11.8 Å². The number of carbonyl (C=O) groups excluding carboxylic acids is 2. The number of nitrogens with zero attached hydrogens (tertiary/aromatic N) is 1. The Balaban J connectivity index is 2.01. The molecule has 1 aromatic heterocycles. The number of hydrogen-bond acceptors (Lipinski definition) is 5. The van der Waals surface area contributed by atoms with Crippen molar-refractivity contribution in [2.75, 3.05) is 17.3 Å². The van der Waals surface area contributed by atoms with Crippen molar-refractivity contribution in [1.82, 2.24) is 10.3 Å². The number of carbonyl (C=O) groups is 2. The van der Waals surface area contributed by atoms with Crippen molar-refractivity contribution in [3.63, 3.8) is 0 Å². The summed E-state index contributed by atoms with van der Waals surface area (Å²) in [6.07, 6.45) is 1.88. The Kier molecular flexibility index (Phi) is 5.97. The predicted octanol–water partition coefficient (Wildman–Crippen LogP) is 2.75. The normalized spacial score (nSPS) is 10.3. The highest BCUT2D eigenvalue weighted by atomic mass is 32.2. The molecule has 1 aromatic carbocycles. The molecule has 0 saturated carbocycles. The van der Waals surface area contributed by atoms with Crippen molar-refractivity contribution in [3.8, 4) is 11.3 Å². The zero-order valence-corrected chi connectivity index (χ0v) is 14.0. The lowest BCUT2D eigenvalue weighted by atomic mass is 10.1. The van der Waals surface area contributed by atoms with Crippen LogP contribution in [0.15, 0.2) is 29.6 Å². The van der Waals surface area contributed by atoms with E-state index in [1.54, 1.807) is 0 Å². The minimum atomic E-state index is -0.0470. The average molecular weight is 335 g/mol. The molecule has 0 spiro atoms. The van der Waals surface area contributed by atoms with Crippen LogP contribution in [-0.2, 0) is 16.1 Å². The second kappa shape index (κ2) is 7.95. The summed E-state index contributed by atoms with van der Waals surface area (Å²) in [5, 5.41) is 8.06. The fourth-order valence-corrected chi connectivity index (χ4v) is 2.84. The van der Waals surface area contributed by atoms with Gasteiger partial charge in [-0.15, -0.1) is 11.3 Å². The molecule has 0 fully saturated rings. The molecule has 0 unspecified atom stereocenters. The second-order valence-corrected chi connectivity index (χ2v) is 6.35. The molecule has 0 bridgehead atoms. The lowest BCUT2D eigenvalue weighted by Crippen LogP contribution is -2.18. The molecule has 7 heteroatoms. The largest absolute Gasteiger partial charge is 0.352 e. The van der Waals surface area contributed by atoms with Crippen LogP contribution in [0.25, 0.3) is 11.3 Å². The van der Waals surface area contributed by atoms with E-state index in [1.165, 1.54) is 30.0 Å². The second-order valence-electron chi connectivity index (χ2n) is 4.63. The zero-order valence-electron chi connectivity index (χ0n) is 12.4. The fraction of sp³-hybridized carbons (Fsp3) is 0.267. The molecule has 2 N–H and O–H groups in total. The monoisotopic (exact) mass is 335 g/mol. The van der Waals surface area contributed by atoms with Crippen LogP contribution >= 0.6 is 23.1 Å². The Morgan fingerprint density at radius 1 is 1.27 bits per heavy atom. The molecule has 116 valence electrons. The molecule has 2 rings (SSSR count). The van der Waals surface area contributed by atoms with Crippen LogP contribution < -0.4 is 10.6 Å². The standard InChI is InChI=1S/C15H17N3O2S2/c1-10(19)16-7-11-3-5-12(6-4-11)13-8-22-15(17-13)18-14(20)9-21-2/h3-6,8H,7,9H2,1-2H3,(H,16,19)(H,17,18,20). The van der Waals surface area contributed by atoms with Crippen LogP contribution in [0.1, 0.15) is 12.5 Å². The van der Waals surface area contributed by atoms with Crippen molar-refractivity contribution in [3.05, 3.63) is 35.2 Å². The van der Waals surface area contributed by atoms with Gasteiger partial charge >= 0.3 is 0 Å². The number of anilines is 1. The number of nitrogens with one attached hydrogen (secondary N) is 2. The topological polar surface area (TPSA) is 71.1 Å². The quantitative estimate of drug-likeness (QED) is 0.851. The number of hydrogen-bond donors (Lipinski definition) is 2. The van der Waals surface area contributed by atoms with E-state index in [0.29, 0.717) is 17.4 Å². The smallest absolute Gasteiger partial charge is 0.236 e. The number of thiazole rings is 1. The first-order valence-corrected chi connectivity index (χ1v) is 8.94. The third kappa shape index (κ3) is 4.85. The summed E-state index contributed by atoms with van der Waals surface area (Å²) >= 11 is 2.88. The highest BCUT2D eigenvalue weighted by molar-refractivity contribution is 7.99. The summed E-state index contributed by atoms with van der Waals surface area (Å²) in [6.45, 7) is 2.01. The summed E-state index contributed by atoms with van der Waals surface area (Å²) in [5.41, 5.74) is 2.84. The fourth-order valence-electron chi connectivity index (χ4n) is 1.77. The van der Waals surface area contributed by atoms with Gasteiger partial charge in [-0.05, 0) is 11.8 Å². The molecule has 0 aliphatic heterocycles. The number of aromatic nitrogens is 1. The van der Waals surface area contributed by atoms with Gasteiger partial charge in [0.25, 0.3) is 0 Å². The van der Waals surface area contributed by atoms with E-state index in [2.05, 4.69) is 15.6 Å². The highest BCUT2D eigenvalue weighted by Crippen LogP contribution is 2.25. The van der Waals surface area contributed by atoms with Gasteiger partial charge in [0.1, 0.15) is 0 Å². The van der Waals surface area contributed by atoms with Crippen LogP contribution in [0.4, 0.5) is 5.13 Å². The maximum absolute atomic E-state index is 11.5.